The van der Waals surface area contributed by atoms with Crippen LogP contribution in [-0.2, 0) is 10.0 Å². The van der Waals surface area contributed by atoms with E-state index in [0.29, 0.717) is 16.5 Å². The molecule has 0 aliphatic heterocycles. The van der Waals surface area contributed by atoms with Crippen molar-refractivity contribution in [3.8, 4) is 11.3 Å². The summed E-state index contributed by atoms with van der Waals surface area (Å²) in [7, 11) is -2.16. The number of sulfonamides is 1. The molecule has 2 aromatic heterocycles. The molecular formula is C19H17FN2O5S. The van der Waals surface area contributed by atoms with Crippen LogP contribution in [0.1, 0.15) is 34.7 Å². The average Bonchev–Trinajstić information content (AvgIpc) is 3.40. The Morgan fingerprint density at radius 1 is 1.29 bits per heavy atom. The number of aromatic carboxylic acids is 1. The molecule has 0 spiro atoms. The van der Waals surface area contributed by atoms with Gasteiger partial charge in [-0.2, -0.15) is 4.98 Å². The van der Waals surface area contributed by atoms with E-state index in [9.17, 15) is 22.7 Å². The molecule has 146 valence electrons. The van der Waals surface area contributed by atoms with E-state index >= 15 is 0 Å². The summed E-state index contributed by atoms with van der Waals surface area (Å²) in [6, 6.07) is 6.91. The summed E-state index contributed by atoms with van der Waals surface area (Å²) in [5.74, 6) is -1.25. The molecule has 9 heteroatoms. The van der Waals surface area contributed by atoms with Gasteiger partial charge in [0.15, 0.2) is 5.76 Å². The number of nitrogens with zero attached hydrogens (tertiary/aromatic N) is 2. The summed E-state index contributed by atoms with van der Waals surface area (Å²) < 4.78 is 44.1. The largest absolute Gasteiger partial charge is 0.478 e. The summed E-state index contributed by atoms with van der Waals surface area (Å²) in [5.41, 5.74) is 1.01. The van der Waals surface area contributed by atoms with E-state index in [4.69, 9.17) is 4.42 Å². The molecule has 0 bridgehead atoms. The van der Waals surface area contributed by atoms with E-state index in [-0.39, 0.29) is 28.8 Å². The lowest BCUT2D eigenvalue weighted by atomic mass is 10.0. The predicted molar refractivity (Wildman–Crippen MR) is 102 cm³/mol. The molecule has 1 aliphatic rings. The Hall–Kier alpha value is -2.94. The minimum absolute atomic E-state index is 0.0200. The van der Waals surface area contributed by atoms with Gasteiger partial charge in [0.25, 0.3) is 0 Å². The van der Waals surface area contributed by atoms with Crippen LogP contribution in [0.4, 0.5) is 10.2 Å². The lowest BCUT2D eigenvalue weighted by Crippen LogP contribution is -2.26. The zero-order valence-electron chi connectivity index (χ0n) is 15.1. The quantitative estimate of drug-likeness (QED) is 0.697. The number of carbonyl (C=O) groups is 1. The number of aromatic nitrogens is 1. The third-order valence-electron chi connectivity index (χ3n) is 4.82. The average molecular weight is 404 g/mol. The van der Waals surface area contributed by atoms with Crippen LogP contribution in [-0.4, -0.2) is 37.8 Å². The number of hydrogen-bond acceptors (Lipinski definition) is 5. The zero-order chi connectivity index (χ0) is 20.2. The van der Waals surface area contributed by atoms with Gasteiger partial charge in [0.05, 0.1) is 11.6 Å². The Bertz CT molecular complexity index is 1200. The van der Waals surface area contributed by atoms with Crippen LogP contribution in [0.15, 0.2) is 34.7 Å². The summed E-state index contributed by atoms with van der Waals surface area (Å²) in [6.45, 7) is 0. The van der Waals surface area contributed by atoms with Gasteiger partial charge >= 0.3 is 5.97 Å². The molecule has 2 heterocycles. The second-order valence-electron chi connectivity index (χ2n) is 6.88. The van der Waals surface area contributed by atoms with Crippen LogP contribution in [0.2, 0.25) is 0 Å². The van der Waals surface area contributed by atoms with Crippen molar-refractivity contribution in [2.24, 2.45) is 0 Å². The molecule has 3 aromatic rings. The predicted octanol–water partition coefficient (Wildman–Crippen LogP) is 3.61. The summed E-state index contributed by atoms with van der Waals surface area (Å²) in [4.78, 5) is 16.3. The fraction of sp³-hybridized carbons (Fsp3) is 0.263. The SMILES string of the molecule is CN(c1nc2oc(-c3ccc(F)cc3)c(C(=O)O)c2cc1C1CC1)S(C)(=O)=O. The third kappa shape index (κ3) is 3.11. The monoisotopic (exact) mass is 404 g/mol. The van der Waals surface area contributed by atoms with Crippen molar-refractivity contribution < 1.29 is 27.1 Å². The van der Waals surface area contributed by atoms with Gasteiger partial charge in [-0.1, -0.05) is 0 Å². The van der Waals surface area contributed by atoms with Crippen molar-refractivity contribution in [2.75, 3.05) is 17.6 Å². The maximum absolute atomic E-state index is 13.2. The Balaban J connectivity index is 2.00. The first-order valence-electron chi connectivity index (χ1n) is 8.57. The highest BCUT2D eigenvalue weighted by molar-refractivity contribution is 7.92. The Labute approximate surface area is 160 Å². The zero-order valence-corrected chi connectivity index (χ0v) is 16.0. The number of carboxylic acids is 1. The molecule has 0 unspecified atom stereocenters. The topological polar surface area (TPSA) is 101 Å². The summed E-state index contributed by atoms with van der Waals surface area (Å²) in [5, 5.41) is 10.0. The number of halogens is 1. The number of rotatable bonds is 5. The van der Waals surface area contributed by atoms with Crippen LogP contribution >= 0.6 is 0 Å². The molecule has 1 N–H and O–H groups in total. The smallest absolute Gasteiger partial charge is 0.340 e. The highest BCUT2D eigenvalue weighted by atomic mass is 32.2. The molecule has 1 aromatic carbocycles. The molecule has 4 rings (SSSR count). The van der Waals surface area contributed by atoms with Crippen molar-refractivity contribution in [3.05, 3.63) is 47.3 Å². The second-order valence-corrected chi connectivity index (χ2v) is 8.89. The van der Waals surface area contributed by atoms with Crippen LogP contribution in [0.25, 0.3) is 22.4 Å². The van der Waals surface area contributed by atoms with Crippen molar-refractivity contribution in [1.29, 1.82) is 0 Å². The second kappa shape index (κ2) is 6.30. The molecule has 0 atom stereocenters. The molecular weight excluding hydrogens is 387 g/mol. The van der Waals surface area contributed by atoms with Gasteiger partial charge in [-0.3, -0.25) is 4.31 Å². The van der Waals surface area contributed by atoms with Gasteiger partial charge in [0, 0.05) is 12.6 Å². The number of hydrogen-bond donors (Lipinski definition) is 1. The van der Waals surface area contributed by atoms with E-state index in [0.717, 1.165) is 23.4 Å². The van der Waals surface area contributed by atoms with Gasteiger partial charge in [0.2, 0.25) is 15.7 Å². The Kier molecular flexibility index (Phi) is 4.15. The molecule has 0 amide bonds. The molecule has 28 heavy (non-hydrogen) atoms. The minimum Gasteiger partial charge on any atom is -0.478 e. The number of pyridine rings is 1. The minimum atomic E-state index is -3.56. The van der Waals surface area contributed by atoms with Crippen molar-refractivity contribution >= 4 is 32.9 Å². The molecule has 1 fully saturated rings. The number of benzene rings is 1. The fourth-order valence-electron chi connectivity index (χ4n) is 3.15. The first kappa shape index (κ1) is 18.4. The van der Waals surface area contributed by atoms with Crippen molar-refractivity contribution in [2.45, 2.75) is 18.8 Å². The molecule has 1 aliphatic carbocycles. The van der Waals surface area contributed by atoms with E-state index < -0.39 is 21.8 Å². The van der Waals surface area contributed by atoms with Gasteiger partial charge in [-0.15, -0.1) is 0 Å². The fourth-order valence-corrected chi connectivity index (χ4v) is 3.61. The van der Waals surface area contributed by atoms with Crippen molar-refractivity contribution in [3.63, 3.8) is 0 Å². The number of furan rings is 1. The van der Waals surface area contributed by atoms with Crippen LogP contribution in [0.3, 0.4) is 0 Å². The maximum atomic E-state index is 13.2. The molecule has 1 saturated carbocycles. The maximum Gasteiger partial charge on any atom is 0.340 e. The summed E-state index contributed by atoms with van der Waals surface area (Å²) in [6.07, 6.45) is 2.83. The van der Waals surface area contributed by atoms with Crippen LogP contribution in [0.5, 0.6) is 0 Å². The van der Waals surface area contributed by atoms with E-state index in [1.54, 1.807) is 6.07 Å². The van der Waals surface area contributed by atoms with Crippen LogP contribution in [0, 0.1) is 5.82 Å². The van der Waals surface area contributed by atoms with E-state index in [2.05, 4.69) is 4.98 Å². The van der Waals surface area contributed by atoms with Crippen LogP contribution < -0.4 is 4.31 Å². The first-order valence-corrected chi connectivity index (χ1v) is 10.4. The van der Waals surface area contributed by atoms with Gasteiger partial charge in [-0.25, -0.2) is 17.6 Å². The number of carboxylic acid groups (broad SMARTS) is 1. The number of anilines is 1. The van der Waals surface area contributed by atoms with E-state index in [1.165, 1.54) is 31.3 Å². The van der Waals surface area contributed by atoms with Crippen molar-refractivity contribution in [1.82, 2.24) is 4.98 Å². The van der Waals surface area contributed by atoms with Gasteiger partial charge < -0.3 is 9.52 Å². The normalized spacial score (nSPS) is 14.4. The highest BCUT2D eigenvalue weighted by Gasteiger charge is 2.33. The Morgan fingerprint density at radius 3 is 2.46 bits per heavy atom. The highest BCUT2D eigenvalue weighted by Crippen LogP contribution is 2.46. The Morgan fingerprint density at radius 2 is 1.93 bits per heavy atom. The van der Waals surface area contributed by atoms with E-state index in [1.807, 2.05) is 0 Å². The lowest BCUT2D eigenvalue weighted by molar-refractivity contribution is 0.0699. The molecule has 0 radical (unpaired) electrons. The standard InChI is InChI=1S/C19H17FN2O5S/c1-22(28(2,25)26)17-13(10-3-4-10)9-14-15(19(23)24)16(27-18(14)21-17)11-5-7-12(20)8-6-11/h5-10H,3-4H2,1-2H3,(H,23,24). The molecule has 0 saturated heterocycles. The first-order chi connectivity index (χ1) is 13.2. The van der Waals surface area contributed by atoms with Gasteiger partial charge in [-0.05, 0) is 54.7 Å². The summed E-state index contributed by atoms with van der Waals surface area (Å²) >= 11 is 0. The van der Waals surface area contributed by atoms with Gasteiger partial charge in [0.1, 0.15) is 17.2 Å². The lowest BCUT2D eigenvalue weighted by Gasteiger charge is -2.18. The number of fused-ring (bicyclic) bond motifs is 1. The third-order valence-corrected chi connectivity index (χ3v) is 5.99. The molecule has 7 nitrogen and oxygen atoms in total.